The Morgan fingerprint density at radius 1 is 1.48 bits per heavy atom. The predicted molar refractivity (Wildman–Crippen MR) is 76.5 cm³/mol. The Balaban J connectivity index is 1.73. The number of furan rings is 1. The van der Waals surface area contributed by atoms with Gasteiger partial charge in [0.1, 0.15) is 11.3 Å². The van der Waals surface area contributed by atoms with Crippen molar-refractivity contribution < 1.29 is 13.7 Å². The molecule has 0 spiro atoms. The molecule has 2 heterocycles. The van der Waals surface area contributed by atoms with Gasteiger partial charge in [0.2, 0.25) is 0 Å². The lowest BCUT2D eigenvalue weighted by atomic mass is 9.95. The Bertz CT molecular complexity index is 599. The van der Waals surface area contributed by atoms with Crippen LogP contribution in [0.1, 0.15) is 44.7 Å². The van der Waals surface area contributed by atoms with Crippen LogP contribution in [0.15, 0.2) is 21.3 Å². The van der Waals surface area contributed by atoms with Crippen LogP contribution in [-0.2, 0) is 16.7 Å². The van der Waals surface area contributed by atoms with E-state index < -0.39 is 5.54 Å². The molecule has 6 heteroatoms. The van der Waals surface area contributed by atoms with E-state index in [2.05, 4.69) is 10.1 Å². The number of aromatic nitrogens is 2. The van der Waals surface area contributed by atoms with E-state index in [4.69, 9.17) is 19.4 Å². The smallest absolute Gasteiger partial charge is 0.261 e. The van der Waals surface area contributed by atoms with E-state index in [1.54, 1.807) is 6.26 Å². The molecule has 1 aliphatic carbocycles. The standard InChI is InChI=1S/C15H21N3O3/c1-3-12-11(7-8-19-12)13-17-14(18-21-13)15(2,16)9-20-10-5-4-6-10/h7-8,10H,3-6,9,16H2,1-2H3. The summed E-state index contributed by atoms with van der Waals surface area (Å²) in [6, 6.07) is 1.83. The highest BCUT2D eigenvalue weighted by Gasteiger charge is 2.31. The van der Waals surface area contributed by atoms with Crippen molar-refractivity contribution in [1.29, 1.82) is 0 Å². The maximum absolute atomic E-state index is 6.27. The third kappa shape index (κ3) is 2.87. The molecule has 0 aromatic carbocycles. The van der Waals surface area contributed by atoms with Crippen molar-refractivity contribution in [2.24, 2.45) is 5.73 Å². The van der Waals surface area contributed by atoms with E-state index >= 15 is 0 Å². The van der Waals surface area contributed by atoms with E-state index in [1.807, 2.05) is 19.9 Å². The van der Waals surface area contributed by atoms with Crippen LogP contribution in [0, 0.1) is 0 Å². The maximum atomic E-state index is 6.27. The Labute approximate surface area is 123 Å². The van der Waals surface area contributed by atoms with Crippen LogP contribution in [0.3, 0.4) is 0 Å². The minimum atomic E-state index is -0.756. The lowest BCUT2D eigenvalue weighted by molar-refractivity contribution is -0.0222. The summed E-state index contributed by atoms with van der Waals surface area (Å²) in [6.07, 6.45) is 6.19. The highest BCUT2D eigenvalue weighted by atomic mass is 16.5. The number of aryl methyl sites for hydroxylation is 1. The van der Waals surface area contributed by atoms with Gasteiger partial charge in [-0.1, -0.05) is 12.1 Å². The summed E-state index contributed by atoms with van der Waals surface area (Å²) in [4.78, 5) is 4.41. The lowest BCUT2D eigenvalue weighted by Crippen LogP contribution is -2.41. The van der Waals surface area contributed by atoms with Crippen LogP contribution in [0.2, 0.25) is 0 Å². The monoisotopic (exact) mass is 291 g/mol. The molecule has 1 fully saturated rings. The van der Waals surface area contributed by atoms with Crippen molar-refractivity contribution in [3.05, 3.63) is 23.9 Å². The van der Waals surface area contributed by atoms with Crippen LogP contribution < -0.4 is 5.73 Å². The molecule has 0 amide bonds. The number of hydrogen-bond acceptors (Lipinski definition) is 6. The van der Waals surface area contributed by atoms with Gasteiger partial charge in [-0.15, -0.1) is 0 Å². The van der Waals surface area contributed by atoms with Gasteiger partial charge in [0.15, 0.2) is 5.82 Å². The van der Waals surface area contributed by atoms with Crippen molar-refractivity contribution in [2.45, 2.75) is 51.2 Å². The molecule has 2 N–H and O–H groups in total. The van der Waals surface area contributed by atoms with E-state index in [9.17, 15) is 0 Å². The van der Waals surface area contributed by atoms with Crippen LogP contribution in [-0.4, -0.2) is 22.9 Å². The molecule has 1 aliphatic rings. The zero-order chi connectivity index (χ0) is 14.9. The quantitative estimate of drug-likeness (QED) is 0.880. The summed E-state index contributed by atoms with van der Waals surface area (Å²) in [5.74, 6) is 1.73. The summed E-state index contributed by atoms with van der Waals surface area (Å²) in [7, 11) is 0. The molecule has 0 saturated heterocycles. The summed E-state index contributed by atoms with van der Waals surface area (Å²) < 4.78 is 16.5. The lowest BCUT2D eigenvalue weighted by Gasteiger charge is -2.29. The summed E-state index contributed by atoms with van der Waals surface area (Å²) in [6.45, 7) is 4.26. The SMILES string of the molecule is CCc1occc1-c1nc(C(C)(N)COC2CCC2)no1. The zero-order valence-electron chi connectivity index (χ0n) is 12.5. The Hall–Kier alpha value is -1.66. The van der Waals surface area contributed by atoms with Crippen molar-refractivity contribution in [3.8, 4) is 11.5 Å². The van der Waals surface area contributed by atoms with Crippen LogP contribution in [0.4, 0.5) is 0 Å². The fraction of sp³-hybridized carbons (Fsp3) is 0.600. The Morgan fingerprint density at radius 3 is 2.95 bits per heavy atom. The Morgan fingerprint density at radius 2 is 2.29 bits per heavy atom. The molecule has 0 aliphatic heterocycles. The molecule has 0 bridgehead atoms. The largest absolute Gasteiger partial charge is 0.469 e. The summed E-state index contributed by atoms with van der Waals surface area (Å²) >= 11 is 0. The van der Waals surface area contributed by atoms with Crippen molar-refractivity contribution in [2.75, 3.05) is 6.61 Å². The molecule has 2 aromatic heterocycles. The zero-order valence-corrected chi connectivity index (χ0v) is 12.5. The van der Waals surface area contributed by atoms with Crippen LogP contribution >= 0.6 is 0 Å². The molecular formula is C15H21N3O3. The molecule has 6 nitrogen and oxygen atoms in total. The minimum absolute atomic E-state index is 0.333. The Kier molecular flexibility index (Phi) is 3.82. The molecule has 1 saturated carbocycles. The molecule has 2 aromatic rings. The normalized spacial score (nSPS) is 18.4. The molecule has 21 heavy (non-hydrogen) atoms. The maximum Gasteiger partial charge on any atom is 0.261 e. The molecule has 1 unspecified atom stereocenters. The summed E-state index contributed by atoms with van der Waals surface area (Å²) in [5, 5.41) is 4.01. The van der Waals surface area contributed by atoms with Crippen molar-refractivity contribution in [3.63, 3.8) is 0 Å². The van der Waals surface area contributed by atoms with Gasteiger partial charge in [-0.3, -0.25) is 0 Å². The molecule has 3 rings (SSSR count). The van der Waals surface area contributed by atoms with Crippen molar-refractivity contribution >= 4 is 0 Å². The molecule has 0 radical (unpaired) electrons. The van der Waals surface area contributed by atoms with Gasteiger partial charge < -0.3 is 19.4 Å². The third-order valence-electron chi connectivity index (χ3n) is 3.90. The first-order chi connectivity index (χ1) is 10.1. The number of nitrogens with two attached hydrogens (primary N) is 1. The second-order valence-corrected chi connectivity index (χ2v) is 5.82. The van der Waals surface area contributed by atoms with Crippen LogP contribution in [0.25, 0.3) is 11.5 Å². The number of hydrogen-bond donors (Lipinski definition) is 1. The van der Waals surface area contributed by atoms with Gasteiger partial charge >= 0.3 is 0 Å². The number of nitrogens with zero attached hydrogens (tertiary/aromatic N) is 2. The minimum Gasteiger partial charge on any atom is -0.469 e. The molecule has 1 atom stereocenters. The average Bonchev–Trinajstić information content (AvgIpc) is 3.05. The van der Waals surface area contributed by atoms with Gasteiger partial charge in [0.05, 0.1) is 24.5 Å². The highest BCUT2D eigenvalue weighted by Crippen LogP contribution is 2.27. The number of rotatable bonds is 6. The first-order valence-electron chi connectivity index (χ1n) is 7.41. The van der Waals surface area contributed by atoms with Gasteiger partial charge in [0.25, 0.3) is 5.89 Å². The topological polar surface area (TPSA) is 87.3 Å². The van der Waals surface area contributed by atoms with E-state index in [0.29, 0.717) is 24.4 Å². The highest BCUT2D eigenvalue weighted by molar-refractivity contribution is 5.55. The van der Waals surface area contributed by atoms with E-state index in [0.717, 1.165) is 30.6 Å². The van der Waals surface area contributed by atoms with Gasteiger partial charge in [-0.05, 0) is 32.3 Å². The van der Waals surface area contributed by atoms with Gasteiger partial charge in [-0.25, -0.2) is 0 Å². The molecule has 114 valence electrons. The van der Waals surface area contributed by atoms with E-state index in [-0.39, 0.29) is 0 Å². The van der Waals surface area contributed by atoms with Crippen LogP contribution in [0.5, 0.6) is 0 Å². The first-order valence-corrected chi connectivity index (χ1v) is 7.41. The van der Waals surface area contributed by atoms with Gasteiger partial charge in [-0.2, -0.15) is 4.98 Å². The fourth-order valence-electron chi connectivity index (χ4n) is 2.26. The third-order valence-corrected chi connectivity index (χ3v) is 3.90. The number of ether oxygens (including phenoxy) is 1. The summed E-state index contributed by atoms with van der Waals surface area (Å²) in [5.41, 5.74) is 6.34. The van der Waals surface area contributed by atoms with Gasteiger partial charge in [0, 0.05) is 6.42 Å². The van der Waals surface area contributed by atoms with Crippen molar-refractivity contribution in [1.82, 2.24) is 10.1 Å². The second-order valence-electron chi connectivity index (χ2n) is 5.82. The average molecular weight is 291 g/mol. The van der Waals surface area contributed by atoms with E-state index in [1.165, 1.54) is 6.42 Å². The first kappa shape index (κ1) is 14.3. The molecular weight excluding hydrogens is 270 g/mol. The second kappa shape index (κ2) is 5.61. The predicted octanol–water partition coefficient (Wildman–Crippen LogP) is 2.64. The fourth-order valence-corrected chi connectivity index (χ4v) is 2.26.